The minimum absolute atomic E-state index is 0.104. The molecule has 0 aromatic heterocycles. The number of hydrogen-bond acceptors (Lipinski definition) is 10. The van der Waals surface area contributed by atoms with Gasteiger partial charge in [0.15, 0.2) is 0 Å². The van der Waals surface area contributed by atoms with Crippen LogP contribution in [0.25, 0.3) is 5.57 Å². The summed E-state index contributed by atoms with van der Waals surface area (Å²) in [6.07, 6.45) is 3.14. The Morgan fingerprint density at radius 1 is 0.976 bits per heavy atom. The molecule has 3 amide bonds. The summed E-state index contributed by atoms with van der Waals surface area (Å²) in [4.78, 5) is 68.7. The van der Waals surface area contributed by atoms with Crippen LogP contribution in [0, 0.1) is 18.8 Å². The minimum atomic E-state index is -1.05. The van der Waals surface area contributed by atoms with Gasteiger partial charge in [0.1, 0.15) is 16.4 Å². The number of rotatable bonds is 4. The van der Waals surface area contributed by atoms with Gasteiger partial charge in [-0.3, -0.25) is 24.2 Å². The van der Waals surface area contributed by atoms with Crippen molar-refractivity contribution in [1.82, 2.24) is 4.90 Å². The number of carbonyl (C=O) groups is 5. The van der Waals surface area contributed by atoms with Crippen LogP contribution in [0.1, 0.15) is 50.7 Å². The monoisotopic (exact) mass is 614 g/mol. The summed E-state index contributed by atoms with van der Waals surface area (Å²) in [7, 11) is 2.47. The molecule has 5 rings (SSSR count). The van der Waals surface area contributed by atoms with E-state index in [9.17, 15) is 24.0 Å². The van der Waals surface area contributed by atoms with Crippen LogP contribution in [-0.4, -0.2) is 65.7 Å². The molecule has 2 fully saturated rings. The van der Waals surface area contributed by atoms with Gasteiger partial charge < -0.3 is 9.47 Å². The fourth-order valence-corrected chi connectivity index (χ4v) is 9.00. The Morgan fingerprint density at radius 2 is 1.51 bits per heavy atom. The van der Waals surface area contributed by atoms with E-state index in [1.165, 1.54) is 14.2 Å². The molecular formula is C29H30N2O7S3. The number of thioether (sulfide) groups is 2. The Labute approximate surface area is 252 Å². The zero-order valence-corrected chi connectivity index (χ0v) is 25.8. The van der Waals surface area contributed by atoms with E-state index in [2.05, 4.69) is 0 Å². The maximum absolute atomic E-state index is 14.0. The standard InChI is InChI=1S/C29H30N2O7S3/c1-14-10-11-17-18(12-14)31(19(32)13-30-24(33)15-8-6-7-9-16(15)25(30)34)29(2,3)23(39)20(17)28-40-21(26(35)37-4)22(41-28)27(36)38-5/h10-12,15-16H,6-9,13H2,1-5H3/t15-,16-/m1/s1. The number of fused-ring (bicyclic) bond motifs is 2. The maximum Gasteiger partial charge on any atom is 0.346 e. The number of aryl methyl sites for hydroxylation is 1. The number of thiocarbonyl (C=S) groups is 1. The molecule has 1 aromatic carbocycles. The number of anilines is 1. The molecule has 0 radical (unpaired) electrons. The molecule has 0 unspecified atom stereocenters. The molecule has 2 atom stereocenters. The number of nitrogens with zero attached hydrogens (tertiary/aromatic N) is 2. The average molecular weight is 615 g/mol. The van der Waals surface area contributed by atoms with E-state index < -0.39 is 23.4 Å². The number of amides is 3. The van der Waals surface area contributed by atoms with E-state index in [0.29, 0.717) is 38.8 Å². The predicted octanol–water partition coefficient (Wildman–Crippen LogP) is 4.37. The fraction of sp³-hybridized carbons (Fsp3) is 0.448. The number of likely N-dealkylation sites (tertiary alicyclic amines) is 1. The molecule has 1 saturated carbocycles. The summed E-state index contributed by atoms with van der Waals surface area (Å²) in [5.74, 6) is -2.98. The van der Waals surface area contributed by atoms with Gasteiger partial charge in [0.25, 0.3) is 0 Å². The summed E-state index contributed by atoms with van der Waals surface area (Å²) < 4.78 is 10.4. The van der Waals surface area contributed by atoms with Crippen LogP contribution in [-0.2, 0) is 33.4 Å². The van der Waals surface area contributed by atoms with Gasteiger partial charge in [0, 0.05) is 11.1 Å². The van der Waals surface area contributed by atoms with Crippen molar-refractivity contribution < 1.29 is 33.4 Å². The van der Waals surface area contributed by atoms with Crippen molar-refractivity contribution in [2.24, 2.45) is 11.8 Å². The summed E-state index contributed by atoms with van der Waals surface area (Å²) in [5.41, 5.74) is 1.68. The molecule has 0 N–H and O–H groups in total. The van der Waals surface area contributed by atoms with Crippen molar-refractivity contribution in [3.63, 3.8) is 0 Å². The van der Waals surface area contributed by atoms with Crippen LogP contribution in [0.5, 0.6) is 0 Å². The smallest absolute Gasteiger partial charge is 0.346 e. The van der Waals surface area contributed by atoms with Gasteiger partial charge in [-0.15, -0.1) is 0 Å². The van der Waals surface area contributed by atoms with Crippen molar-refractivity contribution in [3.8, 4) is 0 Å². The number of methoxy groups -OCH3 is 2. The minimum Gasteiger partial charge on any atom is -0.465 e. The van der Waals surface area contributed by atoms with Crippen LogP contribution in [0.15, 0.2) is 32.2 Å². The number of carbonyl (C=O) groups excluding carboxylic acids is 5. The van der Waals surface area contributed by atoms with Gasteiger partial charge in [0.05, 0.1) is 46.4 Å². The van der Waals surface area contributed by atoms with Crippen molar-refractivity contribution in [2.75, 3.05) is 25.7 Å². The van der Waals surface area contributed by atoms with Crippen molar-refractivity contribution in [3.05, 3.63) is 43.4 Å². The second-order valence-electron chi connectivity index (χ2n) is 10.9. The molecule has 216 valence electrons. The molecule has 0 spiro atoms. The van der Waals surface area contributed by atoms with Gasteiger partial charge in [-0.1, -0.05) is 60.7 Å². The predicted molar refractivity (Wildman–Crippen MR) is 161 cm³/mol. The number of ether oxygens (including phenoxy) is 2. The second kappa shape index (κ2) is 11.0. The van der Waals surface area contributed by atoms with E-state index >= 15 is 0 Å². The van der Waals surface area contributed by atoms with Gasteiger partial charge >= 0.3 is 11.9 Å². The first kappa shape index (κ1) is 29.5. The zero-order chi connectivity index (χ0) is 29.8. The quantitative estimate of drug-likeness (QED) is 0.210. The van der Waals surface area contributed by atoms with Gasteiger partial charge in [-0.2, -0.15) is 0 Å². The summed E-state index contributed by atoms with van der Waals surface area (Å²) in [6, 6.07) is 5.61. The highest BCUT2D eigenvalue weighted by atomic mass is 32.2. The van der Waals surface area contributed by atoms with Crippen molar-refractivity contribution in [1.29, 1.82) is 0 Å². The van der Waals surface area contributed by atoms with E-state index in [1.54, 1.807) is 4.90 Å². The summed E-state index contributed by atoms with van der Waals surface area (Å²) >= 11 is 8.17. The molecule has 1 aromatic rings. The van der Waals surface area contributed by atoms with Gasteiger partial charge in [-0.25, -0.2) is 9.59 Å². The lowest BCUT2D eigenvalue weighted by atomic mass is 9.81. The Kier molecular flexibility index (Phi) is 7.95. The van der Waals surface area contributed by atoms with Crippen LogP contribution >= 0.6 is 35.7 Å². The van der Waals surface area contributed by atoms with E-state index in [-0.39, 0.29) is 40.0 Å². The Bertz CT molecular complexity index is 1420. The molecule has 3 aliphatic heterocycles. The molecule has 41 heavy (non-hydrogen) atoms. The Morgan fingerprint density at radius 3 is 2.02 bits per heavy atom. The van der Waals surface area contributed by atoms with Gasteiger partial charge in [0.2, 0.25) is 17.7 Å². The molecule has 1 saturated heterocycles. The summed E-state index contributed by atoms with van der Waals surface area (Å²) in [5, 5.41) is 0. The number of hydrogen-bond donors (Lipinski definition) is 0. The van der Waals surface area contributed by atoms with Crippen molar-refractivity contribution in [2.45, 2.75) is 52.0 Å². The van der Waals surface area contributed by atoms with E-state index in [4.69, 9.17) is 21.7 Å². The van der Waals surface area contributed by atoms with E-state index in [1.807, 2.05) is 39.0 Å². The molecule has 4 aliphatic rings. The molecular weight excluding hydrogens is 585 g/mol. The highest BCUT2D eigenvalue weighted by Gasteiger charge is 2.51. The average Bonchev–Trinajstić information content (AvgIpc) is 3.49. The van der Waals surface area contributed by atoms with Gasteiger partial charge in [-0.05, 0) is 45.2 Å². The SMILES string of the molecule is COC(=O)C1=C(C(=O)OC)SC(=C2C(=S)C(C)(C)N(C(=O)CN3C(=O)[C@@H]4CCCC[C@H]4C3=O)c3cc(C)ccc32)S1. The largest absolute Gasteiger partial charge is 0.465 e. The number of imide groups is 1. The lowest BCUT2D eigenvalue weighted by Gasteiger charge is -2.45. The maximum atomic E-state index is 14.0. The third-order valence-corrected chi connectivity index (χ3v) is 11.3. The third kappa shape index (κ3) is 4.83. The Hall–Kier alpha value is -2.96. The van der Waals surface area contributed by atoms with Crippen LogP contribution in [0.4, 0.5) is 5.69 Å². The fourth-order valence-electron chi connectivity index (χ4n) is 5.97. The molecule has 12 heteroatoms. The van der Waals surface area contributed by atoms with Crippen LogP contribution in [0.2, 0.25) is 0 Å². The topological polar surface area (TPSA) is 110 Å². The first-order chi connectivity index (χ1) is 19.4. The number of esters is 2. The lowest BCUT2D eigenvalue weighted by Crippen LogP contribution is -2.58. The first-order valence-corrected chi connectivity index (χ1v) is 15.3. The molecule has 0 bridgehead atoms. The third-order valence-electron chi connectivity index (χ3n) is 8.02. The normalized spacial score (nSPS) is 23.6. The molecule has 9 nitrogen and oxygen atoms in total. The zero-order valence-electron chi connectivity index (χ0n) is 23.4. The highest BCUT2D eigenvalue weighted by molar-refractivity contribution is 8.29. The first-order valence-electron chi connectivity index (χ1n) is 13.3. The Balaban J connectivity index is 1.56. The number of benzene rings is 1. The molecule has 3 heterocycles. The highest BCUT2D eigenvalue weighted by Crippen LogP contribution is 2.56. The lowest BCUT2D eigenvalue weighted by molar-refractivity contribution is -0.143. The van der Waals surface area contributed by atoms with Crippen LogP contribution in [0.3, 0.4) is 0 Å². The van der Waals surface area contributed by atoms with Crippen LogP contribution < -0.4 is 4.90 Å². The van der Waals surface area contributed by atoms with Crippen molar-refractivity contribution >= 4 is 81.5 Å². The summed E-state index contributed by atoms with van der Waals surface area (Å²) in [6.45, 7) is 5.17. The molecule has 1 aliphatic carbocycles. The van der Waals surface area contributed by atoms with E-state index in [0.717, 1.165) is 46.8 Å². The second-order valence-corrected chi connectivity index (χ2v) is 13.6.